The van der Waals surface area contributed by atoms with Gasteiger partial charge in [0.15, 0.2) is 6.29 Å². The maximum absolute atomic E-state index is 12.7. The quantitative estimate of drug-likeness (QED) is 0.266. The minimum Gasteiger partial charge on any atom is -0.493 e. The van der Waals surface area contributed by atoms with Crippen LogP contribution >= 0.6 is 0 Å². The first-order valence-corrected chi connectivity index (χ1v) is 8.70. The lowest BCUT2D eigenvalue weighted by Gasteiger charge is -2.11. The maximum Gasteiger partial charge on any atom is 0.340 e. The maximum atomic E-state index is 12.7. The molecule has 0 spiro atoms. The van der Waals surface area contributed by atoms with E-state index in [1.54, 1.807) is 42.6 Å². The fourth-order valence-electron chi connectivity index (χ4n) is 3.14. The first kappa shape index (κ1) is 19.1. The summed E-state index contributed by atoms with van der Waals surface area (Å²) in [6, 6.07) is 9.20. The van der Waals surface area contributed by atoms with Gasteiger partial charge in [0.05, 0.1) is 34.9 Å². The zero-order valence-electron chi connectivity index (χ0n) is 15.4. The second-order valence-electron chi connectivity index (χ2n) is 5.80. The third kappa shape index (κ3) is 3.20. The summed E-state index contributed by atoms with van der Waals surface area (Å²) in [4.78, 5) is 35.5. The third-order valence-electron chi connectivity index (χ3n) is 4.22. The average molecular weight is 382 g/mol. The molecule has 3 aromatic rings. The van der Waals surface area contributed by atoms with E-state index in [4.69, 9.17) is 9.47 Å². The Hall–Kier alpha value is -3.68. The summed E-state index contributed by atoms with van der Waals surface area (Å²) in [7, 11) is 0. The van der Waals surface area contributed by atoms with Gasteiger partial charge in [-0.15, -0.1) is 0 Å². The fraction of sp³-hybridized carbons (Fsp3) is 0.200. The number of non-ortho nitro benzene ring substituents is 1. The number of hydrogen-bond donors (Lipinski definition) is 0. The van der Waals surface area contributed by atoms with Crippen molar-refractivity contribution in [1.82, 2.24) is 4.40 Å². The van der Waals surface area contributed by atoms with Gasteiger partial charge in [-0.25, -0.2) is 4.79 Å². The summed E-state index contributed by atoms with van der Waals surface area (Å²) in [5, 5.41) is 11.3. The number of esters is 1. The standard InChI is InChI=1S/C20H18N2O6/c1-3-27-17-9-8-13(22(25)26)11-14(17)18-16(12-23)21-10-6-5-7-15(21)19(18)20(24)28-4-2/h5-12H,3-4H2,1-2H3. The van der Waals surface area contributed by atoms with Gasteiger partial charge in [0.2, 0.25) is 0 Å². The van der Waals surface area contributed by atoms with Gasteiger partial charge in [-0.2, -0.15) is 0 Å². The monoisotopic (exact) mass is 382 g/mol. The predicted molar refractivity (Wildman–Crippen MR) is 102 cm³/mol. The van der Waals surface area contributed by atoms with Crippen LogP contribution < -0.4 is 4.74 Å². The van der Waals surface area contributed by atoms with Crippen LogP contribution in [0.15, 0.2) is 42.6 Å². The number of carbonyl (C=O) groups is 2. The highest BCUT2D eigenvalue weighted by atomic mass is 16.6. The molecule has 3 rings (SSSR count). The molecule has 2 heterocycles. The first-order chi connectivity index (χ1) is 13.5. The molecule has 0 atom stereocenters. The Morgan fingerprint density at radius 1 is 1.21 bits per heavy atom. The van der Waals surface area contributed by atoms with Gasteiger partial charge in [-0.05, 0) is 32.0 Å². The van der Waals surface area contributed by atoms with E-state index in [1.807, 2.05) is 0 Å². The molecule has 0 N–H and O–H groups in total. The third-order valence-corrected chi connectivity index (χ3v) is 4.22. The minimum absolute atomic E-state index is 0.145. The number of nitro groups is 1. The second kappa shape index (κ2) is 7.91. The number of aromatic nitrogens is 1. The Labute approximate surface area is 160 Å². The molecule has 28 heavy (non-hydrogen) atoms. The summed E-state index contributed by atoms with van der Waals surface area (Å²) in [5.74, 6) is -0.291. The van der Waals surface area contributed by atoms with Crippen molar-refractivity contribution in [2.24, 2.45) is 0 Å². The molecule has 8 heteroatoms. The number of rotatable bonds is 7. The van der Waals surface area contributed by atoms with Gasteiger partial charge >= 0.3 is 5.97 Å². The highest BCUT2D eigenvalue weighted by molar-refractivity contribution is 6.10. The summed E-state index contributed by atoms with van der Waals surface area (Å²) >= 11 is 0. The Bertz CT molecular complexity index is 1070. The normalized spacial score (nSPS) is 10.6. The summed E-state index contributed by atoms with van der Waals surface area (Å²) in [5.41, 5.74) is 1.15. The number of nitro benzene ring substituents is 1. The van der Waals surface area contributed by atoms with E-state index in [0.717, 1.165) is 0 Å². The van der Waals surface area contributed by atoms with E-state index < -0.39 is 10.9 Å². The Kier molecular flexibility index (Phi) is 5.39. The minimum atomic E-state index is -0.622. The van der Waals surface area contributed by atoms with E-state index in [0.29, 0.717) is 24.2 Å². The lowest BCUT2D eigenvalue weighted by atomic mass is 9.99. The van der Waals surface area contributed by atoms with Crippen molar-refractivity contribution in [2.45, 2.75) is 13.8 Å². The number of ether oxygens (including phenoxy) is 2. The number of hydrogen-bond acceptors (Lipinski definition) is 6. The zero-order valence-corrected chi connectivity index (χ0v) is 15.4. The highest BCUT2D eigenvalue weighted by Gasteiger charge is 2.28. The average Bonchev–Trinajstić information content (AvgIpc) is 3.02. The number of pyridine rings is 1. The van der Waals surface area contributed by atoms with E-state index in [-0.39, 0.29) is 34.7 Å². The Morgan fingerprint density at radius 2 is 2.00 bits per heavy atom. The smallest absolute Gasteiger partial charge is 0.340 e. The van der Waals surface area contributed by atoms with E-state index in [2.05, 4.69) is 0 Å². The van der Waals surface area contributed by atoms with Crippen LogP contribution in [0.1, 0.15) is 34.7 Å². The molecule has 0 radical (unpaired) electrons. The fourth-order valence-corrected chi connectivity index (χ4v) is 3.14. The van der Waals surface area contributed by atoms with Crippen LogP contribution in [-0.2, 0) is 4.74 Å². The summed E-state index contributed by atoms with van der Waals surface area (Å²) in [6.07, 6.45) is 2.25. The number of benzene rings is 1. The Morgan fingerprint density at radius 3 is 2.64 bits per heavy atom. The van der Waals surface area contributed by atoms with Crippen LogP contribution in [0.4, 0.5) is 5.69 Å². The van der Waals surface area contributed by atoms with Crippen molar-refractivity contribution >= 4 is 23.5 Å². The van der Waals surface area contributed by atoms with Crippen molar-refractivity contribution in [2.75, 3.05) is 13.2 Å². The van der Waals surface area contributed by atoms with Gasteiger partial charge in [-0.3, -0.25) is 14.9 Å². The molecule has 0 fully saturated rings. The van der Waals surface area contributed by atoms with Crippen LogP contribution in [0.5, 0.6) is 5.75 Å². The molecule has 0 amide bonds. The number of fused-ring (bicyclic) bond motifs is 1. The van der Waals surface area contributed by atoms with Crippen LogP contribution in [0.3, 0.4) is 0 Å². The summed E-state index contributed by atoms with van der Waals surface area (Å²) in [6.45, 7) is 3.90. The number of carbonyl (C=O) groups excluding carboxylic acids is 2. The van der Waals surface area contributed by atoms with Crippen molar-refractivity contribution in [1.29, 1.82) is 0 Å². The topological polar surface area (TPSA) is 100 Å². The molecular formula is C20H18N2O6. The highest BCUT2D eigenvalue weighted by Crippen LogP contribution is 2.40. The van der Waals surface area contributed by atoms with Crippen molar-refractivity contribution in [3.05, 3.63) is 64.0 Å². The number of aldehydes is 1. The van der Waals surface area contributed by atoms with Gasteiger partial charge in [0, 0.05) is 29.5 Å². The molecule has 144 valence electrons. The molecule has 0 aliphatic carbocycles. The summed E-state index contributed by atoms with van der Waals surface area (Å²) < 4.78 is 12.4. The van der Waals surface area contributed by atoms with Crippen LogP contribution in [0.25, 0.3) is 16.6 Å². The van der Waals surface area contributed by atoms with Gasteiger partial charge < -0.3 is 13.9 Å². The Balaban J connectivity index is 2.44. The van der Waals surface area contributed by atoms with E-state index in [1.165, 1.54) is 18.2 Å². The van der Waals surface area contributed by atoms with Crippen molar-refractivity contribution in [3.63, 3.8) is 0 Å². The molecule has 8 nitrogen and oxygen atoms in total. The van der Waals surface area contributed by atoms with Crippen LogP contribution in [0, 0.1) is 10.1 Å². The molecule has 0 aliphatic rings. The van der Waals surface area contributed by atoms with Crippen LogP contribution in [-0.4, -0.2) is 34.8 Å². The molecule has 0 saturated carbocycles. The van der Waals surface area contributed by atoms with Gasteiger partial charge in [0.1, 0.15) is 5.75 Å². The van der Waals surface area contributed by atoms with E-state index in [9.17, 15) is 19.7 Å². The van der Waals surface area contributed by atoms with Crippen LogP contribution in [0.2, 0.25) is 0 Å². The number of nitrogens with zero attached hydrogens (tertiary/aromatic N) is 2. The van der Waals surface area contributed by atoms with Crippen molar-refractivity contribution < 1.29 is 24.0 Å². The lowest BCUT2D eigenvalue weighted by Crippen LogP contribution is -2.06. The second-order valence-corrected chi connectivity index (χ2v) is 5.80. The molecular weight excluding hydrogens is 364 g/mol. The molecule has 0 unspecified atom stereocenters. The van der Waals surface area contributed by atoms with Gasteiger partial charge in [0.25, 0.3) is 5.69 Å². The SMILES string of the molecule is CCOC(=O)c1c(-c2cc([N+](=O)[O-])ccc2OCC)c(C=O)n2ccccc12. The molecule has 0 saturated heterocycles. The molecule has 2 aromatic heterocycles. The molecule has 0 aliphatic heterocycles. The predicted octanol–water partition coefficient (Wildman–Crippen LogP) is 3.90. The first-order valence-electron chi connectivity index (χ1n) is 8.70. The van der Waals surface area contributed by atoms with Gasteiger partial charge in [-0.1, -0.05) is 6.07 Å². The molecule has 1 aromatic carbocycles. The van der Waals surface area contributed by atoms with Crippen molar-refractivity contribution in [3.8, 4) is 16.9 Å². The molecule has 0 bridgehead atoms. The lowest BCUT2D eigenvalue weighted by molar-refractivity contribution is -0.384. The zero-order chi connectivity index (χ0) is 20.3. The van der Waals surface area contributed by atoms with E-state index >= 15 is 0 Å². The largest absolute Gasteiger partial charge is 0.493 e.